The Labute approximate surface area is 167 Å². The Balaban J connectivity index is 2.17. The zero-order valence-electron chi connectivity index (χ0n) is 14.6. The zero-order valence-corrected chi connectivity index (χ0v) is 16.9. The van der Waals surface area contributed by atoms with Gasteiger partial charge in [-0.1, -0.05) is 36.2 Å². The fraction of sp³-hybridized carbons (Fsp3) is 0.222. The quantitative estimate of drug-likeness (QED) is 0.535. The zero-order chi connectivity index (χ0) is 20.2. The van der Waals surface area contributed by atoms with Crippen molar-refractivity contribution in [3.05, 3.63) is 63.1 Å². The van der Waals surface area contributed by atoms with Gasteiger partial charge in [-0.25, -0.2) is 17.9 Å². The van der Waals surface area contributed by atoms with Crippen LogP contribution in [0.15, 0.2) is 41.3 Å². The number of nitrogens with one attached hydrogen (secondary N) is 1. The number of benzene rings is 2. The van der Waals surface area contributed by atoms with Crippen LogP contribution in [0.1, 0.15) is 33.2 Å². The molecule has 0 amide bonds. The van der Waals surface area contributed by atoms with Crippen molar-refractivity contribution in [3.63, 3.8) is 0 Å². The van der Waals surface area contributed by atoms with Crippen molar-refractivity contribution in [2.45, 2.75) is 18.7 Å². The summed E-state index contributed by atoms with van der Waals surface area (Å²) in [7, 11) is -3.72. The first kappa shape index (κ1) is 21.4. The highest BCUT2D eigenvalue weighted by atomic mass is 35.5. The molecule has 0 unspecified atom stereocenters. The van der Waals surface area contributed by atoms with Gasteiger partial charge in [0.05, 0.1) is 15.5 Å². The average Bonchev–Trinajstić information content (AvgIpc) is 2.59. The van der Waals surface area contributed by atoms with E-state index < -0.39 is 28.4 Å². The molecule has 0 aliphatic rings. The van der Waals surface area contributed by atoms with Gasteiger partial charge in [0, 0.05) is 17.1 Å². The fourth-order valence-electron chi connectivity index (χ4n) is 2.26. The standard InChI is InChI=1S/C18H17Cl2NO5S/c1-3-21-27(24,25)13-6-4-11(2)15(9-13)18(23)26-10-17(22)14-7-5-12(19)8-16(14)20/h4-9,21H,3,10H2,1-2H3. The summed E-state index contributed by atoms with van der Waals surface area (Å²) in [6, 6.07) is 8.46. The number of ether oxygens (including phenoxy) is 1. The second-order valence-corrected chi connectivity index (χ2v) is 8.21. The van der Waals surface area contributed by atoms with E-state index in [-0.39, 0.29) is 27.6 Å². The molecule has 2 aromatic carbocycles. The number of hydrogen-bond acceptors (Lipinski definition) is 5. The lowest BCUT2D eigenvalue weighted by atomic mass is 10.1. The van der Waals surface area contributed by atoms with Gasteiger partial charge in [-0.05, 0) is 42.8 Å². The van der Waals surface area contributed by atoms with Crippen LogP contribution >= 0.6 is 23.2 Å². The highest BCUT2D eigenvalue weighted by molar-refractivity contribution is 7.89. The minimum Gasteiger partial charge on any atom is -0.454 e. The predicted octanol–water partition coefficient (Wildman–Crippen LogP) is 3.64. The van der Waals surface area contributed by atoms with Gasteiger partial charge in [0.1, 0.15) is 0 Å². The molecular formula is C18H17Cl2NO5S. The maximum atomic E-state index is 12.3. The number of rotatable bonds is 7. The van der Waals surface area contributed by atoms with Crippen molar-refractivity contribution in [1.82, 2.24) is 4.72 Å². The summed E-state index contributed by atoms with van der Waals surface area (Å²) < 4.78 is 31.6. The molecule has 0 saturated heterocycles. The SMILES string of the molecule is CCNS(=O)(=O)c1ccc(C)c(C(=O)OCC(=O)c2ccc(Cl)cc2Cl)c1. The number of aryl methyl sites for hydroxylation is 1. The summed E-state index contributed by atoms with van der Waals surface area (Å²) in [5, 5.41) is 0.529. The van der Waals surface area contributed by atoms with Crippen LogP contribution in [0.25, 0.3) is 0 Å². The smallest absolute Gasteiger partial charge is 0.338 e. The monoisotopic (exact) mass is 429 g/mol. The molecule has 0 spiro atoms. The second kappa shape index (κ2) is 8.84. The molecule has 6 nitrogen and oxygen atoms in total. The van der Waals surface area contributed by atoms with Crippen molar-refractivity contribution < 1.29 is 22.7 Å². The molecule has 0 heterocycles. The van der Waals surface area contributed by atoms with E-state index in [1.165, 1.54) is 36.4 Å². The van der Waals surface area contributed by atoms with Gasteiger partial charge in [-0.15, -0.1) is 0 Å². The molecule has 1 N–H and O–H groups in total. The van der Waals surface area contributed by atoms with Crippen molar-refractivity contribution in [2.24, 2.45) is 0 Å². The Hall–Kier alpha value is -1.93. The van der Waals surface area contributed by atoms with Crippen LogP contribution in [-0.4, -0.2) is 33.3 Å². The number of carbonyl (C=O) groups excluding carboxylic acids is 2. The van der Waals surface area contributed by atoms with Crippen molar-refractivity contribution in [3.8, 4) is 0 Å². The number of halogens is 2. The van der Waals surface area contributed by atoms with Crippen LogP contribution < -0.4 is 4.72 Å². The summed E-state index contributed by atoms with van der Waals surface area (Å²) in [4.78, 5) is 24.5. The number of hydrogen-bond donors (Lipinski definition) is 1. The molecule has 0 atom stereocenters. The highest BCUT2D eigenvalue weighted by Gasteiger charge is 2.19. The topological polar surface area (TPSA) is 89.5 Å². The molecule has 0 aliphatic carbocycles. The van der Waals surface area contributed by atoms with Gasteiger partial charge in [0.2, 0.25) is 15.8 Å². The largest absolute Gasteiger partial charge is 0.454 e. The van der Waals surface area contributed by atoms with Gasteiger partial charge in [0.25, 0.3) is 0 Å². The van der Waals surface area contributed by atoms with Gasteiger partial charge in [-0.3, -0.25) is 4.79 Å². The van der Waals surface area contributed by atoms with Crippen LogP contribution in [0.3, 0.4) is 0 Å². The maximum Gasteiger partial charge on any atom is 0.338 e. The first-order valence-electron chi connectivity index (χ1n) is 7.91. The molecule has 27 heavy (non-hydrogen) atoms. The van der Waals surface area contributed by atoms with Crippen molar-refractivity contribution >= 4 is 45.0 Å². The Morgan fingerprint density at radius 1 is 1.07 bits per heavy atom. The summed E-state index contributed by atoms with van der Waals surface area (Å²) in [5.41, 5.74) is 0.755. The van der Waals surface area contributed by atoms with Gasteiger partial charge >= 0.3 is 5.97 Å². The van der Waals surface area contributed by atoms with Crippen LogP contribution in [0, 0.1) is 6.92 Å². The second-order valence-electron chi connectivity index (χ2n) is 5.60. The number of Topliss-reactive ketones (excluding diaryl/α,β-unsaturated/α-hetero) is 1. The molecule has 144 valence electrons. The van der Waals surface area contributed by atoms with E-state index in [9.17, 15) is 18.0 Å². The Morgan fingerprint density at radius 2 is 1.78 bits per heavy atom. The summed E-state index contributed by atoms with van der Waals surface area (Å²) in [6.45, 7) is 2.96. The lowest BCUT2D eigenvalue weighted by Gasteiger charge is -2.10. The third kappa shape index (κ3) is 5.29. The maximum absolute atomic E-state index is 12.3. The van der Waals surface area contributed by atoms with Crippen LogP contribution in [0.2, 0.25) is 10.0 Å². The summed E-state index contributed by atoms with van der Waals surface area (Å²) in [5.74, 6) is -1.31. The third-order valence-corrected chi connectivity index (χ3v) is 5.73. The minimum absolute atomic E-state index is 0.0592. The van der Waals surface area contributed by atoms with E-state index >= 15 is 0 Å². The number of sulfonamides is 1. The van der Waals surface area contributed by atoms with E-state index in [0.717, 1.165) is 0 Å². The first-order valence-corrected chi connectivity index (χ1v) is 10.1. The van der Waals surface area contributed by atoms with E-state index in [2.05, 4.69) is 4.72 Å². The van der Waals surface area contributed by atoms with Gasteiger partial charge in [0.15, 0.2) is 6.61 Å². The summed E-state index contributed by atoms with van der Waals surface area (Å²) >= 11 is 11.7. The number of esters is 1. The van der Waals surface area contributed by atoms with E-state index in [4.69, 9.17) is 27.9 Å². The van der Waals surface area contributed by atoms with Crippen LogP contribution in [0.5, 0.6) is 0 Å². The third-order valence-electron chi connectivity index (χ3n) is 3.64. The van der Waals surface area contributed by atoms with Gasteiger partial charge in [-0.2, -0.15) is 0 Å². The fourth-order valence-corrected chi connectivity index (χ4v) is 3.84. The van der Waals surface area contributed by atoms with E-state index in [1.807, 2.05) is 0 Å². The summed E-state index contributed by atoms with van der Waals surface area (Å²) in [6.07, 6.45) is 0. The molecule has 9 heteroatoms. The molecule has 2 rings (SSSR count). The molecule has 0 bridgehead atoms. The Bertz CT molecular complexity index is 989. The van der Waals surface area contributed by atoms with Crippen LogP contribution in [-0.2, 0) is 14.8 Å². The lowest BCUT2D eigenvalue weighted by Crippen LogP contribution is -2.23. The highest BCUT2D eigenvalue weighted by Crippen LogP contribution is 2.22. The lowest BCUT2D eigenvalue weighted by molar-refractivity contribution is 0.0473. The number of ketones is 1. The normalized spacial score (nSPS) is 11.3. The van der Waals surface area contributed by atoms with E-state index in [1.54, 1.807) is 13.8 Å². The average molecular weight is 430 g/mol. The van der Waals surface area contributed by atoms with E-state index in [0.29, 0.717) is 10.6 Å². The molecule has 0 aromatic heterocycles. The molecular weight excluding hydrogens is 413 g/mol. The number of carbonyl (C=O) groups is 2. The first-order chi connectivity index (χ1) is 12.7. The van der Waals surface area contributed by atoms with Crippen molar-refractivity contribution in [2.75, 3.05) is 13.2 Å². The van der Waals surface area contributed by atoms with Crippen LogP contribution in [0.4, 0.5) is 0 Å². The molecule has 0 fully saturated rings. The van der Waals surface area contributed by atoms with Gasteiger partial charge < -0.3 is 4.74 Å². The van der Waals surface area contributed by atoms with Crippen molar-refractivity contribution in [1.29, 1.82) is 0 Å². The molecule has 0 aliphatic heterocycles. The Morgan fingerprint density at radius 3 is 2.41 bits per heavy atom. The molecule has 0 saturated carbocycles. The Kier molecular flexibility index (Phi) is 7.00. The molecule has 0 radical (unpaired) electrons. The minimum atomic E-state index is -3.72. The molecule has 2 aromatic rings. The predicted molar refractivity (Wildman–Crippen MR) is 103 cm³/mol.